The van der Waals surface area contributed by atoms with E-state index in [-0.39, 0.29) is 11.8 Å². The molecule has 4 rings (SSSR count). The Bertz CT molecular complexity index is 990. The maximum absolute atomic E-state index is 13.4. The summed E-state index contributed by atoms with van der Waals surface area (Å²) in [5, 5.41) is 5.65. The Hall–Kier alpha value is -2.47. The number of nitrogens with zero attached hydrogens (tertiary/aromatic N) is 1. The van der Waals surface area contributed by atoms with E-state index in [0.717, 1.165) is 35.7 Å². The highest BCUT2D eigenvalue weighted by Crippen LogP contribution is 2.54. The summed E-state index contributed by atoms with van der Waals surface area (Å²) in [7, 11) is 1.60. The van der Waals surface area contributed by atoms with Gasteiger partial charge in [-0.2, -0.15) is 0 Å². The van der Waals surface area contributed by atoms with Crippen molar-refractivity contribution < 1.29 is 9.59 Å². The lowest BCUT2D eigenvalue weighted by atomic mass is 9.92. The second kappa shape index (κ2) is 8.95. The molecular weight excluding hydrogens is 406 g/mol. The van der Waals surface area contributed by atoms with Crippen molar-refractivity contribution in [3.05, 3.63) is 53.1 Å². The standard InChI is InChI=1S/C25H31N3O2S/c1-4-31-20-14-17(2)22(21(16-20)28-12-10-25(8-9-25)11-13-28)24(30)27-19-7-5-6-18(15-19)23(29)26-3/h5-7,14-16H,4,8-13H2,1-3H3,(H,26,29)(H,27,30). The van der Waals surface area contributed by atoms with Gasteiger partial charge in [0.25, 0.3) is 11.8 Å². The van der Waals surface area contributed by atoms with Gasteiger partial charge in [0.1, 0.15) is 0 Å². The predicted molar refractivity (Wildman–Crippen MR) is 128 cm³/mol. The van der Waals surface area contributed by atoms with E-state index in [1.807, 2.05) is 24.8 Å². The predicted octanol–water partition coefficient (Wildman–Crippen LogP) is 5.10. The zero-order valence-corrected chi connectivity index (χ0v) is 19.4. The van der Waals surface area contributed by atoms with E-state index < -0.39 is 0 Å². The second-order valence-electron chi connectivity index (χ2n) is 8.67. The van der Waals surface area contributed by atoms with Gasteiger partial charge in [0, 0.05) is 36.3 Å². The maximum atomic E-state index is 13.4. The molecule has 0 bridgehead atoms. The monoisotopic (exact) mass is 437 g/mol. The number of benzene rings is 2. The van der Waals surface area contributed by atoms with E-state index in [9.17, 15) is 9.59 Å². The summed E-state index contributed by atoms with van der Waals surface area (Å²) in [5.74, 6) is 0.706. The molecule has 1 aliphatic heterocycles. The largest absolute Gasteiger partial charge is 0.371 e. The van der Waals surface area contributed by atoms with Gasteiger partial charge in [-0.15, -0.1) is 11.8 Å². The fourth-order valence-corrected chi connectivity index (χ4v) is 5.29. The van der Waals surface area contributed by atoms with Crippen molar-refractivity contribution in [2.75, 3.05) is 36.1 Å². The number of amides is 2. The summed E-state index contributed by atoms with van der Waals surface area (Å²) in [6.45, 7) is 6.18. The van der Waals surface area contributed by atoms with Crippen LogP contribution in [0.2, 0.25) is 0 Å². The number of rotatable bonds is 6. The minimum absolute atomic E-state index is 0.124. The molecule has 2 N–H and O–H groups in total. The Morgan fingerprint density at radius 3 is 2.45 bits per heavy atom. The third-order valence-electron chi connectivity index (χ3n) is 6.56. The molecule has 164 valence electrons. The van der Waals surface area contributed by atoms with Crippen LogP contribution < -0.4 is 15.5 Å². The Morgan fingerprint density at radius 1 is 1.06 bits per heavy atom. The number of aryl methyl sites for hydroxylation is 1. The Balaban J connectivity index is 1.63. The minimum Gasteiger partial charge on any atom is -0.371 e. The highest BCUT2D eigenvalue weighted by Gasteiger charge is 2.44. The van der Waals surface area contributed by atoms with E-state index in [2.05, 4.69) is 34.6 Å². The Labute approximate surface area is 189 Å². The number of nitrogens with one attached hydrogen (secondary N) is 2. The van der Waals surface area contributed by atoms with E-state index in [1.54, 1.807) is 25.2 Å². The Morgan fingerprint density at radius 2 is 1.81 bits per heavy atom. The highest BCUT2D eigenvalue weighted by atomic mass is 32.2. The van der Waals surface area contributed by atoms with Crippen LogP contribution in [0.5, 0.6) is 0 Å². The first kappa shape index (κ1) is 21.8. The average molecular weight is 438 g/mol. The normalized spacial score (nSPS) is 16.8. The summed E-state index contributed by atoms with van der Waals surface area (Å²) < 4.78 is 0. The molecule has 2 aromatic rings. The average Bonchev–Trinajstić information content (AvgIpc) is 3.52. The summed E-state index contributed by atoms with van der Waals surface area (Å²) in [5.41, 5.74) is 4.49. The summed E-state index contributed by atoms with van der Waals surface area (Å²) in [6.07, 6.45) is 5.15. The first-order chi connectivity index (χ1) is 14.9. The topological polar surface area (TPSA) is 61.4 Å². The smallest absolute Gasteiger partial charge is 0.258 e. The van der Waals surface area contributed by atoms with Crippen LogP contribution in [-0.2, 0) is 0 Å². The van der Waals surface area contributed by atoms with Crippen LogP contribution in [0.15, 0.2) is 41.3 Å². The van der Waals surface area contributed by atoms with Gasteiger partial charge in [-0.05, 0) is 79.7 Å². The fraction of sp³-hybridized carbons (Fsp3) is 0.440. The van der Waals surface area contributed by atoms with Crippen molar-refractivity contribution in [2.24, 2.45) is 5.41 Å². The van der Waals surface area contributed by atoms with Crippen molar-refractivity contribution in [3.63, 3.8) is 0 Å². The number of anilines is 2. The van der Waals surface area contributed by atoms with Crippen LogP contribution in [0.3, 0.4) is 0 Å². The molecule has 2 fully saturated rings. The quantitative estimate of drug-likeness (QED) is 0.617. The molecular formula is C25H31N3O2S. The first-order valence-electron chi connectivity index (χ1n) is 11.1. The van der Waals surface area contributed by atoms with Gasteiger partial charge in [-0.25, -0.2) is 0 Å². The summed E-state index contributed by atoms with van der Waals surface area (Å²) in [4.78, 5) is 29.0. The van der Waals surface area contributed by atoms with Crippen LogP contribution in [0, 0.1) is 12.3 Å². The van der Waals surface area contributed by atoms with Gasteiger partial charge in [-0.1, -0.05) is 13.0 Å². The molecule has 6 heteroatoms. The van der Waals surface area contributed by atoms with E-state index >= 15 is 0 Å². The SMILES string of the molecule is CCSc1cc(C)c(C(=O)Nc2cccc(C(=O)NC)c2)c(N2CCC3(CC2)CC3)c1. The van der Waals surface area contributed by atoms with Crippen molar-refractivity contribution in [1.29, 1.82) is 0 Å². The lowest BCUT2D eigenvalue weighted by molar-refractivity contribution is 0.0961. The van der Waals surface area contributed by atoms with Gasteiger partial charge in [0.05, 0.1) is 11.3 Å². The van der Waals surface area contributed by atoms with Crippen molar-refractivity contribution in [3.8, 4) is 0 Å². The van der Waals surface area contributed by atoms with Crippen LogP contribution in [-0.4, -0.2) is 37.7 Å². The molecule has 1 heterocycles. The molecule has 2 amide bonds. The number of carbonyl (C=O) groups is 2. The van der Waals surface area contributed by atoms with E-state index in [0.29, 0.717) is 16.7 Å². The third kappa shape index (κ3) is 4.74. The number of thioether (sulfide) groups is 1. The van der Waals surface area contributed by atoms with Gasteiger partial charge in [0.15, 0.2) is 0 Å². The van der Waals surface area contributed by atoms with Crippen LogP contribution in [0.4, 0.5) is 11.4 Å². The molecule has 1 saturated heterocycles. The molecule has 1 saturated carbocycles. The van der Waals surface area contributed by atoms with Gasteiger partial charge in [0.2, 0.25) is 0 Å². The van der Waals surface area contributed by atoms with Gasteiger partial charge >= 0.3 is 0 Å². The van der Waals surface area contributed by atoms with E-state index in [1.165, 1.54) is 30.6 Å². The van der Waals surface area contributed by atoms with Crippen LogP contribution in [0.1, 0.15) is 58.9 Å². The van der Waals surface area contributed by atoms with Crippen LogP contribution in [0.25, 0.3) is 0 Å². The minimum atomic E-state index is -0.170. The molecule has 31 heavy (non-hydrogen) atoms. The molecule has 1 spiro atoms. The molecule has 0 unspecified atom stereocenters. The van der Waals surface area contributed by atoms with Crippen LogP contribution >= 0.6 is 11.8 Å². The van der Waals surface area contributed by atoms with Crippen molar-refractivity contribution in [1.82, 2.24) is 5.32 Å². The van der Waals surface area contributed by atoms with Gasteiger partial charge < -0.3 is 15.5 Å². The number of hydrogen-bond acceptors (Lipinski definition) is 4. The Kier molecular flexibility index (Phi) is 6.28. The maximum Gasteiger partial charge on any atom is 0.258 e. The number of piperidine rings is 1. The summed E-state index contributed by atoms with van der Waals surface area (Å²) in [6, 6.07) is 11.4. The number of carbonyl (C=O) groups excluding carboxylic acids is 2. The zero-order valence-electron chi connectivity index (χ0n) is 18.6. The van der Waals surface area contributed by atoms with Crippen molar-refractivity contribution in [2.45, 2.75) is 44.4 Å². The molecule has 0 aromatic heterocycles. The lowest BCUT2D eigenvalue weighted by Crippen LogP contribution is -2.36. The molecule has 2 aliphatic rings. The molecule has 0 radical (unpaired) electrons. The van der Waals surface area contributed by atoms with Gasteiger partial charge in [-0.3, -0.25) is 9.59 Å². The lowest BCUT2D eigenvalue weighted by Gasteiger charge is -2.35. The second-order valence-corrected chi connectivity index (χ2v) is 10.0. The molecule has 2 aromatic carbocycles. The molecule has 0 atom stereocenters. The van der Waals surface area contributed by atoms with E-state index in [4.69, 9.17) is 0 Å². The number of hydrogen-bond donors (Lipinski definition) is 2. The molecule has 1 aliphatic carbocycles. The zero-order chi connectivity index (χ0) is 22.0. The fourth-order valence-electron chi connectivity index (χ4n) is 4.51. The summed E-state index contributed by atoms with van der Waals surface area (Å²) >= 11 is 1.81. The third-order valence-corrected chi connectivity index (χ3v) is 7.42. The van der Waals surface area contributed by atoms with Crippen molar-refractivity contribution >= 4 is 35.0 Å². The highest BCUT2D eigenvalue weighted by molar-refractivity contribution is 7.99. The first-order valence-corrected chi connectivity index (χ1v) is 12.1. The molecule has 5 nitrogen and oxygen atoms in total.